The summed E-state index contributed by atoms with van der Waals surface area (Å²) < 4.78 is 0. The molecule has 0 aromatic carbocycles. The van der Waals surface area contributed by atoms with Crippen molar-refractivity contribution < 1.29 is 38.8 Å². The van der Waals surface area contributed by atoms with Gasteiger partial charge in [-0.1, -0.05) is 0 Å². The van der Waals surface area contributed by atoms with Crippen LogP contribution in [0.25, 0.3) is 0 Å². The van der Waals surface area contributed by atoms with Crippen molar-refractivity contribution in [3.8, 4) is 0 Å². The number of hydrogen-bond donors (Lipinski definition) is 0. The van der Waals surface area contributed by atoms with Gasteiger partial charge in [0.1, 0.15) is 0 Å². The Morgan fingerprint density at radius 2 is 1.00 bits per heavy atom. The van der Waals surface area contributed by atoms with Gasteiger partial charge in [-0.3, -0.25) is 0 Å². The quantitative estimate of drug-likeness (QED) is 0.412. The third kappa shape index (κ3) is 8.82. The minimum absolute atomic E-state index is 0. The van der Waals surface area contributed by atoms with E-state index in [1.807, 2.05) is 0 Å². The average molecular weight is 396 g/mol. The molecule has 0 atom stereocenters. The zero-order valence-electron chi connectivity index (χ0n) is 2.09. The molecule has 0 unspecified atom stereocenters. The van der Waals surface area contributed by atoms with Crippen molar-refractivity contribution in [3.05, 3.63) is 0 Å². The maximum Gasteiger partial charge on any atom is 0 e. The van der Waals surface area contributed by atoms with Crippen LogP contribution in [-0.2, 0) is 38.8 Å². The molecule has 1 radical (unpaired) electrons. The van der Waals surface area contributed by atoms with Crippen LogP contribution in [-0.4, -0.2) is 43.3 Å². The Morgan fingerprint density at radius 3 is 1.00 bits per heavy atom. The summed E-state index contributed by atoms with van der Waals surface area (Å²) in [6.07, 6.45) is 0. The van der Waals surface area contributed by atoms with E-state index in [9.17, 15) is 0 Å². The predicted molar refractivity (Wildman–Crippen MR) is 18.5 cm³/mol. The second-order valence-corrected chi connectivity index (χ2v) is 0. The molecule has 0 aliphatic heterocycles. The van der Waals surface area contributed by atoms with Gasteiger partial charge in [0, 0.05) is 38.8 Å². The predicted octanol–water partition coefficient (Wildman–Crippen LogP) is -2.11. The largest absolute Gasteiger partial charge is 0 e. The Labute approximate surface area is 80.8 Å². The smallest absolute Gasteiger partial charge is 0 e. The van der Waals surface area contributed by atoms with Gasteiger partial charge >= 0.3 is 43.3 Å². The van der Waals surface area contributed by atoms with E-state index < -0.39 is 0 Å². The van der Waals surface area contributed by atoms with E-state index in [1.165, 1.54) is 0 Å². The van der Waals surface area contributed by atoms with Crippen molar-refractivity contribution in [2.75, 3.05) is 0 Å². The Hall–Kier alpha value is 2.64. The van der Waals surface area contributed by atoms with Gasteiger partial charge < -0.3 is 0 Å². The monoisotopic (exact) mass is 397 g/mol. The van der Waals surface area contributed by atoms with Crippen molar-refractivity contribution in [2.24, 2.45) is 0 Å². The van der Waals surface area contributed by atoms with Crippen LogP contribution < -0.4 is 0 Å². The first-order valence-electron chi connectivity index (χ1n) is 0. The minimum atomic E-state index is 0. The van der Waals surface area contributed by atoms with Crippen LogP contribution in [0.5, 0.6) is 0 Å². The first-order chi connectivity index (χ1) is 0. The van der Waals surface area contributed by atoms with Crippen LogP contribution in [0.4, 0.5) is 0 Å². The fraction of sp³-hybridized carbons (Fsp3) is 0. The van der Waals surface area contributed by atoms with E-state index in [-0.39, 0.29) is 82.1 Å². The molecule has 0 saturated carbocycles. The molecule has 4 heavy (non-hydrogen) atoms. The van der Waals surface area contributed by atoms with Gasteiger partial charge in [-0.2, -0.15) is 0 Å². The minimum Gasteiger partial charge on any atom is 0 e. The van der Waals surface area contributed by atoms with Crippen LogP contribution >= 0.6 is 0 Å². The first-order valence-corrected chi connectivity index (χ1v) is 0. The van der Waals surface area contributed by atoms with E-state index in [4.69, 9.17) is 0 Å². The molecule has 0 bridgehead atoms. The van der Waals surface area contributed by atoms with Crippen LogP contribution in [0.2, 0.25) is 0 Å². The van der Waals surface area contributed by atoms with Gasteiger partial charge in [0.05, 0.1) is 0 Å². The maximum absolute atomic E-state index is 0. The van der Waals surface area contributed by atoms with E-state index in [2.05, 4.69) is 0 Å². The number of hydrogen-bond acceptors (Lipinski definition) is 0. The molecule has 0 rings (SSSR count). The number of rotatable bonds is 0. The summed E-state index contributed by atoms with van der Waals surface area (Å²) in [5, 5.41) is 0. The molecule has 27 valence electrons. The molecular formula is H5BiMnSeTi. The van der Waals surface area contributed by atoms with Crippen molar-refractivity contribution in [3.63, 3.8) is 0 Å². The molecular weight excluding hydrogens is 391 g/mol. The van der Waals surface area contributed by atoms with Crippen molar-refractivity contribution in [2.45, 2.75) is 0 Å². The molecule has 0 heterocycles. The average Bonchev–Trinajstić information content (AvgIpc) is 0. The van der Waals surface area contributed by atoms with E-state index in [0.717, 1.165) is 0 Å². The van der Waals surface area contributed by atoms with Crippen molar-refractivity contribution in [1.82, 2.24) is 0 Å². The second kappa shape index (κ2) is 17.4. The Bertz CT molecular complexity index is 8.00. The summed E-state index contributed by atoms with van der Waals surface area (Å²) >= 11 is 0. The Morgan fingerprint density at radius 1 is 1.00 bits per heavy atom. The van der Waals surface area contributed by atoms with Crippen LogP contribution in [0.15, 0.2) is 0 Å². The molecule has 0 nitrogen and oxygen atoms in total. The fourth-order valence-electron chi connectivity index (χ4n) is 0. The van der Waals surface area contributed by atoms with Crippen LogP contribution in [0.3, 0.4) is 0 Å². The molecule has 0 spiro atoms. The molecule has 0 aromatic rings. The Balaban J connectivity index is 0. The maximum atomic E-state index is 0. The first kappa shape index (κ1) is 30.3. The zero-order valence-corrected chi connectivity index (χ0v) is 12.4. The SMILES string of the molecule is [BiH3].[Mn].[SeH2].[Ti]. The topological polar surface area (TPSA) is 0 Å². The fourth-order valence-corrected chi connectivity index (χ4v) is 0. The summed E-state index contributed by atoms with van der Waals surface area (Å²) in [5.41, 5.74) is 0. The van der Waals surface area contributed by atoms with Crippen LogP contribution in [0.1, 0.15) is 0 Å². The van der Waals surface area contributed by atoms with Crippen molar-refractivity contribution >= 4 is 43.3 Å². The van der Waals surface area contributed by atoms with Gasteiger partial charge in [-0.05, 0) is 0 Å². The molecule has 0 N–H and O–H groups in total. The summed E-state index contributed by atoms with van der Waals surface area (Å²) in [6.45, 7) is 0. The van der Waals surface area contributed by atoms with E-state index in [1.54, 1.807) is 0 Å². The van der Waals surface area contributed by atoms with Gasteiger partial charge in [-0.15, -0.1) is 0 Å². The summed E-state index contributed by atoms with van der Waals surface area (Å²) in [7, 11) is 0. The van der Waals surface area contributed by atoms with Gasteiger partial charge in [0.2, 0.25) is 0 Å². The van der Waals surface area contributed by atoms with Gasteiger partial charge in [-0.25, -0.2) is 0 Å². The van der Waals surface area contributed by atoms with Crippen molar-refractivity contribution in [1.29, 1.82) is 0 Å². The molecule has 0 aromatic heterocycles. The molecule has 0 aliphatic carbocycles. The standard InChI is InChI=1S/Bi.Mn.H2Se.Ti.3H/h;;1H2;;;;. The molecule has 4 heteroatoms. The summed E-state index contributed by atoms with van der Waals surface area (Å²) in [5.74, 6) is 0. The molecule has 0 fully saturated rings. The molecule has 0 amide bonds. The zero-order chi connectivity index (χ0) is 0. The third-order valence-corrected chi connectivity index (χ3v) is 0. The molecule has 0 saturated heterocycles. The summed E-state index contributed by atoms with van der Waals surface area (Å²) in [4.78, 5) is 0. The van der Waals surface area contributed by atoms with Crippen LogP contribution in [0, 0.1) is 0 Å². The van der Waals surface area contributed by atoms with E-state index >= 15 is 0 Å². The summed E-state index contributed by atoms with van der Waals surface area (Å²) in [6, 6.07) is 0. The third-order valence-electron chi connectivity index (χ3n) is 0. The second-order valence-electron chi connectivity index (χ2n) is 0. The van der Waals surface area contributed by atoms with E-state index in [0.29, 0.717) is 0 Å². The Kier molecular flexibility index (Phi) is 132. The van der Waals surface area contributed by atoms with Gasteiger partial charge in [0.25, 0.3) is 0 Å². The van der Waals surface area contributed by atoms with Gasteiger partial charge in [0.15, 0.2) is 0 Å². The normalized spacial score (nSPS) is 0. The molecule has 0 aliphatic rings.